The van der Waals surface area contributed by atoms with E-state index >= 15 is 0 Å². The lowest BCUT2D eigenvalue weighted by Gasteiger charge is -2.27. The third-order valence-electron chi connectivity index (χ3n) is 5.72. The summed E-state index contributed by atoms with van der Waals surface area (Å²) in [5.74, 6) is -0.176. The van der Waals surface area contributed by atoms with Crippen molar-refractivity contribution >= 4 is 72.4 Å². The molecule has 2 fully saturated rings. The monoisotopic (exact) mass is 637 g/mol. The maximum absolute atomic E-state index is 12.9. The van der Waals surface area contributed by atoms with Crippen molar-refractivity contribution < 1.29 is 24.0 Å². The Hall–Kier alpha value is -2.70. The van der Waals surface area contributed by atoms with Crippen LogP contribution in [-0.4, -0.2) is 51.4 Å². The molecule has 2 aliphatic heterocycles. The maximum atomic E-state index is 12.9. The van der Waals surface area contributed by atoms with Crippen LogP contribution >= 0.6 is 43.6 Å². The average molecular weight is 639 g/mol. The van der Waals surface area contributed by atoms with E-state index in [1.165, 1.54) is 12.1 Å². The van der Waals surface area contributed by atoms with E-state index in [9.17, 15) is 24.5 Å². The Morgan fingerprint density at radius 3 is 2.33 bits per heavy atom. The average Bonchev–Trinajstić information content (AvgIpc) is 3.11. The number of piperidine rings is 1. The normalized spacial score (nSPS) is 17.1. The molecule has 2 aromatic carbocycles. The van der Waals surface area contributed by atoms with Crippen LogP contribution in [0.2, 0.25) is 0 Å². The molecule has 0 saturated carbocycles. The summed E-state index contributed by atoms with van der Waals surface area (Å²) in [5.41, 5.74) is 1.42. The maximum Gasteiger partial charge on any atom is 0.294 e. The van der Waals surface area contributed by atoms with Crippen LogP contribution in [0.4, 0.5) is 10.5 Å². The summed E-state index contributed by atoms with van der Waals surface area (Å²) in [6.45, 7) is 1.26. The van der Waals surface area contributed by atoms with E-state index in [2.05, 4.69) is 31.9 Å². The molecule has 0 aliphatic carbocycles. The minimum Gasteiger partial charge on any atom is -0.487 e. The molecule has 2 heterocycles. The Kier molecular flexibility index (Phi) is 8.47. The number of ether oxygens (including phenoxy) is 1. The van der Waals surface area contributed by atoms with Gasteiger partial charge >= 0.3 is 0 Å². The van der Waals surface area contributed by atoms with Crippen LogP contribution in [0.25, 0.3) is 6.08 Å². The standard InChI is InChI=1S/C24H21Br2N3O6S/c25-18-10-16(11-19(26)22(18)35-14-15-4-6-17(7-5-15)29(33)34)12-20-23(31)28(24(32)36-20)13-21(30)27-8-2-1-3-9-27/h4-7,10-12H,1-3,8-9,13-14H2/b20-12-. The predicted octanol–water partition coefficient (Wildman–Crippen LogP) is 5.75. The van der Waals surface area contributed by atoms with Gasteiger partial charge in [0.25, 0.3) is 16.8 Å². The number of hydrogen-bond acceptors (Lipinski definition) is 7. The first-order chi connectivity index (χ1) is 17.2. The second-order valence-corrected chi connectivity index (χ2v) is 10.9. The fraction of sp³-hybridized carbons (Fsp3) is 0.292. The molecular weight excluding hydrogens is 618 g/mol. The number of rotatable bonds is 7. The third kappa shape index (κ3) is 6.16. The highest BCUT2D eigenvalue weighted by molar-refractivity contribution is 9.11. The van der Waals surface area contributed by atoms with Crippen molar-refractivity contribution in [1.29, 1.82) is 0 Å². The summed E-state index contributed by atoms with van der Waals surface area (Å²) in [4.78, 5) is 51.1. The molecule has 0 atom stereocenters. The highest BCUT2D eigenvalue weighted by atomic mass is 79.9. The zero-order valence-corrected chi connectivity index (χ0v) is 22.9. The Labute approximate surface area is 228 Å². The predicted molar refractivity (Wildman–Crippen MR) is 142 cm³/mol. The van der Waals surface area contributed by atoms with Gasteiger partial charge in [-0.25, -0.2) is 0 Å². The van der Waals surface area contributed by atoms with Gasteiger partial charge in [0.15, 0.2) is 0 Å². The van der Waals surface area contributed by atoms with Crippen molar-refractivity contribution in [2.75, 3.05) is 19.6 Å². The summed E-state index contributed by atoms with van der Waals surface area (Å²) in [6, 6.07) is 9.59. The summed E-state index contributed by atoms with van der Waals surface area (Å²) < 4.78 is 7.11. The lowest BCUT2D eigenvalue weighted by atomic mass is 10.1. The summed E-state index contributed by atoms with van der Waals surface area (Å²) in [7, 11) is 0. The number of nitro benzene ring substituents is 1. The molecule has 0 spiro atoms. The van der Waals surface area contributed by atoms with Gasteiger partial charge in [0.1, 0.15) is 18.9 Å². The molecule has 0 bridgehead atoms. The Bertz CT molecular complexity index is 1220. The van der Waals surface area contributed by atoms with Crippen molar-refractivity contribution in [1.82, 2.24) is 9.80 Å². The molecule has 3 amide bonds. The molecule has 188 valence electrons. The second kappa shape index (κ2) is 11.6. The van der Waals surface area contributed by atoms with Gasteiger partial charge in [-0.05, 0) is 104 Å². The summed E-state index contributed by atoms with van der Waals surface area (Å²) in [6.07, 6.45) is 4.56. The number of carbonyl (C=O) groups is 3. The number of carbonyl (C=O) groups excluding carboxylic acids is 3. The first kappa shape index (κ1) is 26.4. The van der Waals surface area contributed by atoms with Crippen LogP contribution in [0.15, 0.2) is 50.2 Å². The minimum atomic E-state index is -0.485. The topological polar surface area (TPSA) is 110 Å². The summed E-state index contributed by atoms with van der Waals surface area (Å²) >= 11 is 7.76. The van der Waals surface area contributed by atoms with Gasteiger partial charge in [-0.2, -0.15) is 0 Å². The van der Waals surface area contributed by atoms with E-state index in [4.69, 9.17) is 4.74 Å². The molecule has 0 N–H and O–H groups in total. The molecule has 2 aromatic rings. The molecule has 12 heteroatoms. The zero-order chi connectivity index (χ0) is 25.8. The molecule has 4 rings (SSSR count). The second-order valence-electron chi connectivity index (χ2n) is 8.24. The largest absolute Gasteiger partial charge is 0.487 e. The van der Waals surface area contributed by atoms with E-state index in [0.717, 1.165) is 41.5 Å². The number of non-ortho nitro benzene ring substituents is 1. The highest BCUT2D eigenvalue weighted by Gasteiger charge is 2.37. The summed E-state index contributed by atoms with van der Waals surface area (Å²) in [5, 5.41) is 10.3. The molecule has 0 aromatic heterocycles. The van der Waals surface area contributed by atoms with Crippen LogP contribution in [0.1, 0.15) is 30.4 Å². The van der Waals surface area contributed by atoms with Gasteiger partial charge in [0.2, 0.25) is 5.91 Å². The van der Waals surface area contributed by atoms with Gasteiger partial charge in [-0.3, -0.25) is 29.4 Å². The molecule has 0 unspecified atom stereocenters. The van der Waals surface area contributed by atoms with Crippen molar-refractivity contribution in [3.8, 4) is 5.75 Å². The van der Waals surface area contributed by atoms with Crippen LogP contribution in [-0.2, 0) is 16.2 Å². The van der Waals surface area contributed by atoms with E-state index in [0.29, 0.717) is 33.3 Å². The van der Waals surface area contributed by atoms with Gasteiger partial charge < -0.3 is 9.64 Å². The van der Waals surface area contributed by atoms with Gasteiger partial charge in [0.05, 0.1) is 18.8 Å². The molecular formula is C24H21Br2N3O6S. The van der Waals surface area contributed by atoms with Crippen LogP contribution < -0.4 is 4.74 Å². The molecule has 9 nitrogen and oxygen atoms in total. The fourth-order valence-corrected chi connectivity index (χ4v) is 6.13. The van der Waals surface area contributed by atoms with E-state index in [-0.39, 0.29) is 29.7 Å². The number of nitrogens with zero attached hydrogens (tertiary/aromatic N) is 3. The molecule has 2 saturated heterocycles. The number of amides is 3. The lowest BCUT2D eigenvalue weighted by molar-refractivity contribution is -0.384. The highest BCUT2D eigenvalue weighted by Crippen LogP contribution is 2.38. The minimum absolute atomic E-state index is 0.00531. The van der Waals surface area contributed by atoms with Crippen molar-refractivity contribution in [2.24, 2.45) is 0 Å². The quantitative estimate of drug-likeness (QED) is 0.216. The first-order valence-corrected chi connectivity index (χ1v) is 13.5. The number of hydrogen-bond donors (Lipinski definition) is 0. The molecule has 36 heavy (non-hydrogen) atoms. The SMILES string of the molecule is O=C(CN1C(=O)S/C(=C\c2cc(Br)c(OCc3ccc([N+](=O)[O-])cc3)c(Br)c2)C1=O)N1CCCCC1. The number of benzene rings is 2. The Balaban J connectivity index is 1.43. The molecule has 2 aliphatic rings. The number of thioether (sulfide) groups is 1. The number of halogens is 2. The van der Waals surface area contributed by atoms with Gasteiger partial charge in [-0.1, -0.05) is 0 Å². The number of likely N-dealkylation sites (tertiary alicyclic amines) is 1. The first-order valence-electron chi connectivity index (χ1n) is 11.1. The third-order valence-corrected chi connectivity index (χ3v) is 7.81. The van der Waals surface area contributed by atoms with Gasteiger partial charge in [0, 0.05) is 25.2 Å². The molecule has 0 radical (unpaired) electrons. The van der Waals surface area contributed by atoms with E-state index < -0.39 is 16.1 Å². The van der Waals surface area contributed by atoms with Crippen LogP contribution in [0.3, 0.4) is 0 Å². The number of nitro groups is 1. The number of imide groups is 1. The zero-order valence-electron chi connectivity index (χ0n) is 18.9. The smallest absolute Gasteiger partial charge is 0.294 e. The Morgan fingerprint density at radius 2 is 1.72 bits per heavy atom. The van der Waals surface area contributed by atoms with E-state index in [1.54, 1.807) is 35.2 Å². The van der Waals surface area contributed by atoms with E-state index in [1.807, 2.05) is 0 Å². The lowest BCUT2D eigenvalue weighted by Crippen LogP contribution is -2.44. The van der Waals surface area contributed by atoms with Crippen molar-refractivity contribution in [3.63, 3.8) is 0 Å². The van der Waals surface area contributed by atoms with Crippen molar-refractivity contribution in [3.05, 3.63) is 71.5 Å². The fourth-order valence-electron chi connectivity index (χ4n) is 3.84. The van der Waals surface area contributed by atoms with Crippen LogP contribution in [0.5, 0.6) is 5.75 Å². The van der Waals surface area contributed by atoms with Crippen LogP contribution in [0, 0.1) is 10.1 Å². The van der Waals surface area contributed by atoms with Gasteiger partial charge in [-0.15, -0.1) is 0 Å². The van der Waals surface area contributed by atoms with Crippen molar-refractivity contribution in [2.45, 2.75) is 25.9 Å². The Morgan fingerprint density at radius 1 is 1.08 bits per heavy atom.